The molecule has 0 aliphatic heterocycles. The topological polar surface area (TPSA) is 37.8 Å². The number of aryl methyl sites for hydroxylation is 2. The quantitative estimate of drug-likeness (QED) is 0.868. The van der Waals surface area contributed by atoms with Gasteiger partial charge in [0, 0.05) is 24.7 Å². The zero-order valence-corrected chi connectivity index (χ0v) is 11.2. The highest BCUT2D eigenvalue weighted by Gasteiger charge is 2.16. The lowest BCUT2D eigenvalue weighted by Gasteiger charge is -2.19. The number of rotatable bonds is 4. The van der Waals surface area contributed by atoms with Crippen LogP contribution < -0.4 is 5.32 Å². The molecule has 0 saturated heterocycles. The van der Waals surface area contributed by atoms with Gasteiger partial charge in [0.15, 0.2) is 0 Å². The molecular weight excluding hydrogens is 210 g/mol. The summed E-state index contributed by atoms with van der Waals surface area (Å²) in [5, 5.41) is 3.23. The molecule has 0 bridgehead atoms. The molecule has 1 N–H and O–H groups in total. The van der Waals surface area contributed by atoms with E-state index >= 15 is 0 Å². The largest absolute Gasteiger partial charge is 0.373 e. The maximum Gasteiger partial charge on any atom is 0.132 e. The van der Waals surface area contributed by atoms with E-state index in [4.69, 9.17) is 4.98 Å². The van der Waals surface area contributed by atoms with Crippen LogP contribution in [0, 0.1) is 5.92 Å². The lowest BCUT2D eigenvalue weighted by molar-refractivity contribution is 0.569. The van der Waals surface area contributed by atoms with Crippen molar-refractivity contribution in [3.8, 4) is 0 Å². The summed E-state index contributed by atoms with van der Waals surface area (Å²) in [6, 6.07) is 0. The predicted octanol–water partition coefficient (Wildman–Crippen LogP) is 2.99. The van der Waals surface area contributed by atoms with Crippen molar-refractivity contribution in [3.05, 3.63) is 17.1 Å². The lowest BCUT2D eigenvalue weighted by atomic mass is 9.96. The first kappa shape index (κ1) is 12.3. The van der Waals surface area contributed by atoms with E-state index in [2.05, 4.69) is 24.1 Å². The average Bonchev–Trinajstić information content (AvgIpc) is 2.35. The minimum Gasteiger partial charge on any atom is -0.373 e. The maximum atomic E-state index is 4.74. The van der Waals surface area contributed by atoms with Gasteiger partial charge in [-0.05, 0) is 38.0 Å². The minimum atomic E-state index is 0.715. The van der Waals surface area contributed by atoms with E-state index in [-0.39, 0.29) is 0 Å². The highest BCUT2D eigenvalue weighted by atomic mass is 15.0. The number of aromatic nitrogens is 2. The molecule has 94 valence electrons. The van der Waals surface area contributed by atoms with Crippen molar-refractivity contribution < 1.29 is 0 Å². The number of nitrogens with zero attached hydrogens (tertiary/aromatic N) is 2. The number of hydrogen-bond donors (Lipinski definition) is 1. The van der Waals surface area contributed by atoms with Gasteiger partial charge in [0.05, 0.1) is 0 Å². The molecule has 3 nitrogen and oxygen atoms in total. The highest BCUT2D eigenvalue weighted by Crippen LogP contribution is 2.25. The monoisotopic (exact) mass is 233 g/mol. The number of anilines is 1. The second-order valence-corrected chi connectivity index (χ2v) is 5.30. The van der Waals surface area contributed by atoms with Crippen LogP contribution in [0.3, 0.4) is 0 Å². The van der Waals surface area contributed by atoms with Crippen LogP contribution in [0.25, 0.3) is 0 Å². The lowest BCUT2D eigenvalue weighted by Crippen LogP contribution is -2.13. The van der Waals surface area contributed by atoms with Crippen molar-refractivity contribution in [2.45, 2.75) is 52.4 Å². The predicted molar refractivity (Wildman–Crippen MR) is 71.4 cm³/mol. The van der Waals surface area contributed by atoms with E-state index in [0.29, 0.717) is 5.92 Å². The third kappa shape index (κ3) is 2.96. The molecule has 17 heavy (non-hydrogen) atoms. The third-order valence-corrected chi connectivity index (χ3v) is 3.41. The van der Waals surface area contributed by atoms with Crippen LogP contribution in [-0.4, -0.2) is 17.0 Å². The van der Waals surface area contributed by atoms with Crippen molar-refractivity contribution in [1.82, 2.24) is 9.97 Å². The Morgan fingerprint density at radius 3 is 2.65 bits per heavy atom. The van der Waals surface area contributed by atoms with Gasteiger partial charge in [-0.15, -0.1) is 0 Å². The Labute approximate surface area is 104 Å². The normalized spacial score (nSPS) is 14.8. The zero-order valence-electron chi connectivity index (χ0n) is 11.2. The molecule has 1 aliphatic carbocycles. The second-order valence-electron chi connectivity index (χ2n) is 5.30. The van der Waals surface area contributed by atoms with Crippen LogP contribution >= 0.6 is 0 Å². The molecule has 0 radical (unpaired) electrons. The summed E-state index contributed by atoms with van der Waals surface area (Å²) >= 11 is 0. The van der Waals surface area contributed by atoms with E-state index in [1.165, 1.54) is 30.5 Å². The molecule has 1 aromatic rings. The van der Waals surface area contributed by atoms with Crippen LogP contribution in [-0.2, 0) is 19.3 Å². The molecular formula is C14H23N3. The van der Waals surface area contributed by atoms with Crippen LogP contribution in [0.4, 0.5) is 5.82 Å². The Morgan fingerprint density at radius 1 is 1.18 bits per heavy atom. The van der Waals surface area contributed by atoms with E-state index in [1.54, 1.807) is 0 Å². The highest BCUT2D eigenvalue weighted by molar-refractivity contribution is 5.47. The van der Waals surface area contributed by atoms with Gasteiger partial charge in [0.2, 0.25) is 0 Å². The average molecular weight is 233 g/mol. The van der Waals surface area contributed by atoms with Crippen LogP contribution in [0.1, 0.15) is 50.2 Å². The Kier molecular flexibility index (Phi) is 3.97. The maximum absolute atomic E-state index is 4.74. The summed E-state index contributed by atoms with van der Waals surface area (Å²) in [6.45, 7) is 4.49. The zero-order chi connectivity index (χ0) is 12.3. The van der Waals surface area contributed by atoms with Gasteiger partial charge in [0.1, 0.15) is 11.6 Å². The van der Waals surface area contributed by atoms with Crippen LogP contribution in [0.2, 0.25) is 0 Å². The number of nitrogens with one attached hydrogen (secondary N) is 1. The first-order valence-corrected chi connectivity index (χ1v) is 6.77. The minimum absolute atomic E-state index is 0.715. The number of hydrogen-bond acceptors (Lipinski definition) is 3. The molecule has 2 rings (SSSR count). The van der Waals surface area contributed by atoms with E-state index in [1.807, 2.05) is 7.05 Å². The van der Waals surface area contributed by atoms with Crippen molar-refractivity contribution in [2.75, 3.05) is 12.4 Å². The van der Waals surface area contributed by atoms with Crippen LogP contribution in [0.15, 0.2) is 0 Å². The molecule has 0 fully saturated rings. The summed E-state index contributed by atoms with van der Waals surface area (Å²) in [5.74, 6) is 2.80. The molecule has 1 heterocycles. The third-order valence-electron chi connectivity index (χ3n) is 3.41. The summed E-state index contributed by atoms with van der Waals surface area (Å²) in [5.41, 5.74) is 2.64. The molecule has 0 amide bonds. The van der Waals surface area contributed by atoms with Gasteiger partial charge in [-0.1, -0.05) is 13.8 Å². The summed E-state index contributed by atoms with van der Waals surface area (Å²) < 4.78 is 0. The molecule has 0 atom stereocenters. The van der Waals surface area contributed by atoms with Gasteiger partial charge in [-0.2, -0.15) is 0 Å². The molecule has 0 unspecified atom stereocenters. The van der Waals surface area contributed by atoms with E-state index in [0.717, 1.165) is 30.9 Å². The van der Waals surface area contributed by atoms with Crippen molar-refractivity contribution in [3.63, 3.8) is 0 Å². The SMILES string of the molecule is CNc1nc(CCC(C)C)nc2c1CCCC2. The Bertz CT molecular complexity index is 368. The Balaban J connectivity index is 2.23. The smallest absolute Gasteiger partial charge is 0.132 e. The molecule has 1 aliphatic rings. The van der Waals surface area contributed by atoms with Gasteiger partial charge in [0.25, 0.3) is 0 Å². The van der Waals surface area contributed by atoms with Gasteiger partial charge < -0.3 is 5.32 Å². The second kappa shape index (κ2) is 5.48. The molecule has 3 heteroatoms. The fourth-order valence-corrected chi connectivity index (χ4v) is 2.38. The fraction of sp³-hybridized carbons (Fsp3) is 0.714. The Hall–Kier alpha value is -1.12. The van der Waals surface area contributed by atoms with Crippen molar-refractivity contribution in [1.29, 1.82) is 0 Å². The van der Waals surface area contributed by atoms with Crippen molar-refractivity contribution >= 4 is 5.82 Å². The van der Waals surface area contributed by atoms with Crippen molar-refractivity contribution in [2.24, 2.45) is 5.92 Å². The van der Waals surface area contributed by atoms with Gasteiger partial charge in [-0.3, -0.25) is 0 Å². The molecule has 0 spiro atoms. The molecule has 0 aromatic carbocycles. The van der Waals surface area contributed by atoms with Crippen LogP contribution in [0.5, 0.6) is 0 Å². The van der Waals surface area contributed by atoms with E-state index in [9.17, 15) is 0 Å². The van der Waals surface area contributed by atoms with E-state index < -0.39 is 0 Å². The first-order valence-electron chi connectivity index (χ1n) is 6.77. The molecule has 0 saturated carbocycles. The van der Waals surface area contributed by atoms with Gasteiger partial charge >= 0.3 is 0 Å². The summed E-state index contributed by atoms with van der Waals surface area (Å²) in [4.78, 5) is 9.40. The summed E-state index contributed by atoms with van der Waals surface area (Å²) in [6.07, 6.45) is 6.98. The summed E-state index contributed by atoms with van der Waals surface area (Å²) in [7, 11) is 1.96. The van der Waals surface area contributed by atoms with Gasteiger partial charge in [-0.25, -0.2) is 9.97 Å². The number of fused-ring (bicyclic) bond motifs is 1. The fourth-order valence-electron chi connectivity index (χ4n) is 2.38. The standard InChI is InChI=1S/C14H23N3/c1-10(2)8-9-13-16-12-7-5-4-6-11(12)14(15-3)17-13/h10H,4-9H2,1-3H3,(H,15,16,17). The Morgan fingerprint density at radius 2 is 1.94 bits per heavy atom. The first-order chi connectivity index (χ1) is 8.20. The molecule has 1 aromatic heterocycles.